The highest BCUT2D eigenvalue weighted by atomic mass is 35.5. The van der Waals surface area contributed by atoms with Crippen molar-refractivity contribution in [3.63, 3.8) is 0 Å². The summed E-state index contributed by atoms with van der Waals surface area (Å²) in [6.07, 6.45) is 3.26. The molecular weight excluding hydrogens is 400 g/mol. The predicted molar refractivity (Wildman–Crippen MR) is 109 cm³/mol. The Hall–Kier alpha value is -3.10. The number of nitrogens with two attached hydrogens (primary N) is 1. The fourth-order valence-electron chi connectivity index (χ4n) is 2.52. The zero-order valence-corrected chi connectivity index (χ0v) is 16.2. The number of nitrogens with one attached hydrogen (secondary N) is 1. The lowest BCUT2D eigenvalue weighted by Gasteiger charge is -2.21. The van der Waals surface area contributed by atoms with Crippen LogP contribution in [-0.2, 0) is 16.6 Å². The largest absolute Gasteiger partial charge is 0.351 e. The van der Waals surface area contributed by atoms with Crippen molar-refractivity contribution in [2.24, 2.45) is 5.73 Å². The van der Waals surface area contributed by atoms with Crippen molar-refractivity contribution in [1.82, 2.24) is 4.98 Å². The van der Waals surface area contributed by atoms with Gasteiger partial charge in [-0.2, -0.15) is 0 Å². The van der Waals surface area contributed by atoms with Crippen LogP contribution in [0.5, 0.6) is 0 Å². The monoisotopic (exact) mass is 416 g/mol. The summed E-state index contributed by atoms with van der Waals surface area (Å²) in [6.45, 7) is 0.215. The Bertz CT molecular complexity index is 1070. The summed E-state index contributed by atoms with van der Waals surface area (Å²) in [5.41, 5.74) is 7.02. The Labute approximate surface area is 167 Å². The third kappa shape index (κ3) is 4.59. The quantitative estimate of drug-likeness (QED) is 0.640. The van der Waals surface area contributed by atoms with Gasteiger partial charge in [-0.05, 0) is 48.0 Å². The van der Waals surface area contributed by atoms with Crippen LogP contribution in [0.25, 0.3) is 0 Å². The Balaban J connectivity index is 1.83. The molecule has 2 amide bonds. The zero-order chi connectivity index (χ0) is 20.1. The van der Waals surface area contributed by atoms with Crippen LogP contribution in [0, 0.1) is 0 Å². The summed E-state index contributed by atoms with van der Waals surface area (Å²) < 4.78 is 27.6. The van der Waals surface area contributed by atoms with Crippen molar-refractivity contribution in [2.45, 2.75) is 11.4 Å². The maximum absolute atomic E-state index is 12.6. The molecule has 3 aromatic rings. The molecule has 3 N–H and O–H groups in total. The average molecular weight is 417 g/mol. The lowest BCUT2D eigenvalue weighted by Crippen LogP contribution is -2.35. The standard InChI is InChI=1S/C19H17ClN4O3S/c20-17-5-1-2-6-18(17)23-28(26,27)16-9-7-15(8-10-16)24(19(21)25)13-14-4-3-11-22-12-14/h1-12,23H,13H2,(H2,21,25). The van der Waals surface area contributed by atoms with Gasteiger partial charge in [-0.25, -0.2) is 13.2 Å². The molecule has 7 nitrogen and oxygen atoms in total. The molecule has 28 heavy (non-hydrogen) atoms. The summed E-state index contributed by atoms with van der Waals surface area (Å²) in [4.78, 5) is 17.2. The predicted octanol–water partition coefficient (Wildman–Crippen LogP) is 3.62. The lowest BCUT2D eigenvalue weighted by atomic mass is 10.2. The number of para-hydroxylation sites is 1. The minimum Gasteiger partial charge on any atom is -0.351 e. The summed E-state index contributed by atoms with van der Waals surface area (Å²) >= 11 is 6.01. The summed E-state index contributed by atoms with van der Waals surface area (Å²) in [7, 11) is -3.84. The van der Waals surface area contributed by atoms with E-state index in [0.717, 1.165) is 5.56 Å². The number of benzene rings is 2. The lowest BCUT2D eigenvalue weighted by molar-refractivity contribution is 0.253. The maximum Gasteiger partial charge on any atom is 0.319 e. The van der Waals surface area contributed by atoms with E-state index >= 15 is 0 Å². The number of anilines is 2. The first-order chi connectivity index (χ1) is 13.4. The fourth-order valence-corrected chi connectivity index (χ4v) is 3.84. The topological polar surface area (TPSA) is 105 Å². The molecule has 0 aliphatic heterocycles. The van der Waals surface area contributed by atoms with Gasteiger partial charge in [-0.1, -0.05) is 29.8 Å². The highest BCUT2D eigenvalue weighted by Gasteiger charge is 2.18. The van der Waals surface area contributed by atoms with Gasteiger partial charge in [-0.3, -0.25) is 14.6 Å². The second-order valence-corrected chi connectivity index (χ2v) is 7.95. The zero-order valence-electron chi connectivity index (χ0n) is 14.6. The van der Waals surface area contributed by atoms with Gasteiger partial charge in [-0.15, -0.1) is 0 Å². The summed E-state index contributed by atoms with van der Waals surface area (Å²) in [6, 6.07) is 15.3. The van der Waals surface area contributed by atoms with Crippen LogP contribution >= 0.6 is 11.6 Å². The minimum absolute atomic E-state index is 0.0296. The van der Waals surface area contributed by atoms with Gasteiger partial charge in [0.2, 0.25) is 0 Å². The van der Waals surface area contributed by atoms with Gasteiger partial charge in [0, 0.05) is 18.1 Å². The number of urea groups is 1. The average Bonchev–Trinajstić information content (AvgIpc) is 2.68. The van der Waals surface area contributed by atoms with Gasteiger partial charge in [0.25, 0.3) is 10.0 Å². The molecule has 9 heteroatoms. The number of hydrogen-bond acceptors (Lipinski definition) is 4. The second kappa shape index (κ2) is 8.28. The summed E-state index contributed by atoms with van der Waals surface area (Å²) in [5.74, 6) is 0. The van der Waals surface area contributed by atoms with E-state index in [0.29, 0.717) is 10.7 Å². The third-order valence-electron chi connectivity index (χ3n) is 3.91. The van der Waals surface area contributed by atoms with Crippen molar-refractivity contribution < 1.29 is 13.2 Å². The Morgan fingerprint density at radius 3 is 2.39 bits per heavy atom. The molecule has 1 aromatic heterocycles. The van der Waals surface area contributed by atoms with Crippen LogP contribution in [0.2, 0.25) is 5.02 Å². The molecule has 2 aromatic carbocycles. The molecule has 0 fully saturated rings. The van der Waals surface area contributed by atoms with Crippen LogP contribution in [0.3, 0.4) is 0 Å². The molecule has 0 aliphatic rings. The number of carbonyl (C=O) groups is 1. The van der Waals surface area contributed by atoms with E-state index in [9.17, 15) is 13.2 Å². The SMILES string of the molecule is NC(=O)N(Cc1cccnc1)c1ccc(S(=O)(=O)Nc2ccccc2Cl)cc1. The fraction of sp³-hybridized carbons (Fsp3) is 0.0526. The van der Waals surface area contributed by atoms with E-state index in [-0.39, 0.29) is 17.1 Å². The van der Waals surface area contributed by atoms with Gasteiger partial charge in [0.15, 0.2) is 0 Å². The van der Waals surface area contributed by atoms with E-state index in [2.05, 4.69) is 9.71 Å². The molecule has 3 rings (SSSR count). The van der Waals surface area contributed by atoms with Crippen molar-refractivity contribution >= 4 is 39.0 Å². The van der Waals surface area contributed by atoms with Crippen molar-refractivity contribution in [3.8, 4) is 0 Å². The molecular formula is C19H17ClN4O3S. The van der Waals surface area contributed by atoms with Crippen LogP contribution in [0.1, 0.15) is 5.56 Å². The van der Waals surface area contributed by atoms with E-state index in [4.69, 9.17) is 17.3 Å². The number of pyridine rings is 1. The molecule has 0 radical (unpaired) electrons. The highest BCUT2D eigenvalue weighted by Crippen LogP contribution is 2.25. The molecule has 0 saturated carbocycles. The molecule has 0 atom stereocenters. The molecule has 0 unspecified atom stereocenters. The number of nitrogens with zero attached hydrogens (tertiary/aromatic N) is 2. The first-order valence-electron chi connectivity index (χ1n) is 8.20. The van der Waals surface area contributed by atoms with Crippen LogP contribution in [0.15, 0.2) is 78.0 Å². The molecule has 1 heterocycles. The number of halogens is 1. The normalized spacial score (nSPS) is 11.0. The van der Waals surface area contributed by atoms with E-state index < -0.39 is 16.1 Å². The van der Waals surface area contributed by atoms with Crippen molar-refractivity contribution in [2.75, 3.05) is 9.62 Å². The van der Waals surface area contributed by atoms with Crippen LogP contribution in [0.4, 0.5) is 16.2 Å². The molecule has 0 bridgehead atoms. The second-order valence-electron chi connectivity index (χ2n) is 5.86. The molecule has 144 valence electrons. The van der Waals surface area contributed by atoms with Crippen molar-refractivity contribution in [1.29, 1.82) is 0 Å². The maximum atomic E-state index is 12.6. The minimum atomic E-state index is -3.84. The Morgan fingerprint density at radius 1 is 1.07 bits per heavy atom. The van der Waals surface area contributed by atoms with Gasteiger partial charge in [0.05, 0.1) is 22.2 Å². The van der Waals surface area contributed by atoms with Gasteiger partial charge >= 0.3 is 6.03 Å². The van der Waals surface area contributed by atoms with Crippen molar-refractivity contribution in [3.05, 3.63) is 83.6 Å². The third-order valence-corrected chi connectivity index (χ3v) is 5.62. The number of amides is 2. The highest BCUT2D eigenvalue weighted by molar-refractivity contribution is 7.92. The van der Waals surface area contributed by atoms with E-state index in [1.165, 1.54) is 29.2 Å². The number of carbonyl (C=O) groups excluding carboxylic acids is 1. The first-order valence-corrected chi connectivity index (χ1v) is 10.1. The first kappa shape index (κ1) is 19.7. The summed E-state index contributed by atoms with van der Waals surface area (Å²) in [5, 5.41) is 0.291. The number of aromatic nitrogens is 1. The molecule has 0 spiro atoms. The van der Waals surface area contributed by atoms with Gasteiger partial charge < -0.3 is 5.73 Å². The van der Waals surface area contributed by atoms with E-state index in [1.54, 1.807) is 42.7 Å². The Morgan fingerprint density at radius 2 is 1.79 bits per heavy atom. The van der Waals surface area contributed by atoms with E-state index in [1.807, 2.05) is 6.07 Å². The number of rotatable bonds is 6. The number of sulfonamides is 1. The number of hydrogen-bond donors (Lipinski definition) is 2. The molecule has 0 aliphatic carbocycles. The smallest absolute Gasteiger partial charge is 0.319 e. The van der Waals surface area contributed by atoms with Gasteiger partial charge in [0.1, 0.15) is 0 Å². The van der Waals surface area contributed by atoms with Crippen LogP contribution < -0.4 is 15.4 Å². The number of primary amides is 1. The van der Waals surface area contributed by atoms with Crippen LogP contribution in [-0.4, -0.2) is 19.4 Å². The molecule has 0 saturated heterocycles. The Kier molecular flexibility index (Phi) is 5.81.